The molecule has 1 heterocycles. The lowest BCUT2D eigenvalue weighted by molar-refractivity contribution is -0.385. The molecular formula is C8H8F4N4O3. The van der Waals surface area contributed by atoms with E-state index in [2.05, 4.69) is 20.0 Å². The fourth-order valence-corrected chi connectivity index (χ4v) is 1.04. The summed E-state index contributed by atoms with van der Waals surface area (Å²) in [7, 11) is 1.30. The van der Waals surface area contributed by atoms with Gasteiger partial charge < -0.3 is 10.1 Å². The van der Waals surface area contributed by atoms with Crippen molar-refractivity contribution in [2.45, 2.75) is 12.3 Å². The summed E-state index contributed by atoms with van der Waals surface area (Å²) < 4.78 is 53.4. The molecule has 0 fully saturated rings. The van der Waals surface area contributed by atoms with E-state index in [-0.39, 0.29) is 5.82 Å². The summed E-state index contributed by atoms with van der Waals surface area (Å²) in [4.78, 5) is 16.5. The molecule has 1 aromatic heterocycles. The number of ether oxygens (including phenoxy) is 1. The molecule has 0 radical (unpaired) electrons. The van der Waals surface area contributed by atoms with E-state index >= 15 is 0 Å². The van der Waals surface area contributed by atoms with Crippen LogP contribution in [0.4, 0.5) is 29.1 Å². The molecule has 0 amide bonds. The highest BCUT2D eigenvalue weighted by atomic mass is 19.3. The van der Waals surface area contributed by atoms with Gasteiger partial charge in [0, 0.05) is 7.05 Å². The van der Waals surface area contributed by atoms with Crippen molar-refractivity contribution in [3.05, 3.63) is 16.4 Å². The molecule has 0 atom stereocenters. The highest BCUT2D eigenvalue weighted by Crippen LogP contribution is 2.32. The van der Waals surface area contributed by atoms with Crippen LogP contribution >= 0.6 is 0 Å². The Kier molecular flexibility index (Phi) is 4.40. The molecule has 0 unspecified atom stereocenters. The molecule has 1 rings (SSSR count). The third-order valence-corrected chi connectivity index (χ3v) is 1.93. The number of hydrogen-bond donors (Lipinski definition) is 1. The molecule has 11 heteroatoms. The minimum absolute atomic E-state index is 0.282. The van der Waals surface area contributed by atoms with Crippen LogP contribution in [0.2, 0.25) is 0 Å². The first-order valence-electron chi connectivity index (χ1n) is 4.75. The van der Waals surface area contributed by atoms with E-state index in [0.29, 0.717) is 0 Å². The van der Waals surface area contributed by atoms with Crippen molar-refractivity contribution in [2.24, 2.45) is 0 Å². The molecular weight excluding hydrogens is 276 g/mol. The normalized spacial score (nSPS) is 11.5. The minimum atomic E-state index is -4.43. The van der Waals surface area contributed by atoms with Gasteiger partial charge in [-0.1, -0.05) is 0 Å². The van der Waals surface area contributed by atoms with Crippen LogP contribution in [-0.2, 0) is 0 Å². The first kappa shape index (κ1) is 14.9. The number of anilines is 1. The molecule has 0 bridgehead atoms. The van der Waals surface area contributed by atoms with E-state index in [9.17, 15) is 27.7 Å². The van der Waals surface area contributed by atoms with Gasteiger partial charge in [0.2, 0.25) is 5.82 Å². The van der Waals surface area contributed by atoms with Gasteiger partial charge in [-0.05, 0) is 0 Å². The van der Waals surface area contributed by atoms with Gasteiger partial charge >= 0.3 is 18.0 Å². The smallest absolute Gasteiger partial charge is 0.372 e. The average Bonchev–Trinajstić information content (AvgIpc) is 2.35. The second kappa shape index (κ2) is 5.63. The van der Waals surface area contributed by atoms with E-state index in [1.54, 1.807) is 0 Å². The maximum Gasteiger partial charge on any atom is 0.372 e. The van der Waals surface area contributed by atoms with Gasteiger partial charge in [-0.15, -0.1) is 0 Å². The van der Waals surface area contributed by atoms with Crippen molar-refractivity contribution in [2.75, 3.05) is 19.0 Å². The summed E-state index contributed by atoms with van der Waals surface area (Å²) in [6.45, 7) is -1.73. The third kappa shape index (κ3) is 3.39. The predicted octanol–water partition coefficient (Wildman–Crippen LogP) is 1.71. The SMILES string of the molecule is CNc1ncnc(OCC(F)(F)C(F)F)c1[N+](=O)[O-]. The van der Waals surface area contributed by atoms with Gasteiger partial charge in [-0.2, -0.15) is 13.8 Å². The van der Waals surface area contributed by atoms with Gasteiger partial charge in [-0.25, -0.2) is 13.8 Å². The molecule has 19 heavy (non-hydrogen) atoms. The van der Waals surface area contributed by atoms with Crippen LogP contribution in [0.25, 0.3) is 0 Å². The average molecular weight is 284 g/mol. The Hall–Kier alpha value is -2.20. The van der Waals surface area contributed by atoms with E-state index in [1.807, 2.05) is 0 Å². The number of hydrogen-bond acceptors (Lipinski definition) is 6. The van der Waals surface area contributed by atoms with E-state index < -0.39 is 35.4 Å². The van der Waals surface area contributed by atoms with Crippen molar-refractivity contribution < 1.29 is 27.2 Å². The molecule has 0 saturated carbocycles. The lowest BCUT2D eigenvalue weighted by Gasteiger charge is -2.15. The largest absolute Gasteiger partial charge is 0.466 e. The molecule has 7 nitrogen and oxygen atoms in total. The number of nitrogens with one attached hydrogen (secondary N) is 1. The lowest BCUT2D eigenvalue weighted by Crippen LogP contribution is -2.34. The van der Waals surface area contributed by atoms with E-state index in [4.69, 9.17) is 0 Å². The molecule has 0 aliphatic carbocycles. The molecule has 0 aliphatic rings. The summed E-state index contributed by atoms with van der Waals surface area (Å²) >= 11 is 0. The highest BCUT2D eigenvalue weighted by Gasteiger charge is 2.42. The van der Waals surface area contributed by atoms with Gasteiger partial charge in [0.1, 0.15) is 6.33 Å². The summed E-state index contributed by atoms with van der Waals surface area (Å²) in [6, 6.07) is 0. The number of nitro groups is 1. The zero-order chi connectivity index (χ0) is 14.6. The van der Waals surface area contributed by atoms with Crippen molar-refractivity contribution in [1.82, 2.24) is 9.97 Å². The third-order valence-electron chi connectivity index (χ3n) is 1.93. The summed E-state index contributed by atoms with van der Waals surface area (Å²) in [5.41, 5.74) is -0.810. The minimum Gasteiger partial charge on any atom is -0.466 e. The fraction of sp³-hybridized carbons (Fsp3) is 0.500. The van der Waals surface area contributed by atoms with Gasteiger partial charge in [0.15, 0.2) is 6.61 Å². The monoisotopic (exact) mass is 284 g/mol. The summed E-state index contributed by atoms with van der Waals surface area (Å²) in [5.74, 6) is -5.53. The summed E-state index contributed by atoms with van der Waals surface area (Å²) in [5, 5.41) is 13.1. The second-order valence-corrected chi connectivity index (χ2v) is 3.23. The second-order valence-electron chi connectivity index (χ2n) is 3.23. The number of halogens is 4. The van der Waals surface area contributed by atoms with E-state index in [0.717, 1.165) is 6.33 Å². The zero-order valence-corrected chi connectivity index (χ0v) is 9.44. The van der Waals surface area contributed by atoms with Crippen LogP contribution in [0, 0.1) is 10.1 Å². The first-order valence-corrected chi connectivity index (χ1v) is 4.75. The van der Waals surface area contributed by atoms with Crippen LogP contribution < -0.4 is 10.1 Å². The molecule has 106 valence electrons. The fourth-order valence-electron chi connectivity index (χ4n) is 1.04. The first-order chi connectivity index (χ1) is 8.79. The Bertz CT molecular complexity index is 471. The Morgan fingerprint density at radius 1 is 1.53 bits per heavy atom. The highest BCUT2D eigenvalue weighted by molar-refractivity contribution is 5.60. The zero-order valence-electron chi connectivity index (χ0n) is 9.44. The van der Waals surface area contributed by atoms with Gasteiger partial charge in [0.05, 0.1) is 4.92 Å². The van der Waals surface area contributed by atoms with E-state index in [1.165, 1.54) is 7.05 Å². The number of aromatic nitrogens is 2. The number of alkyl halides is 4. The number of rotatable bonds is 6. The number of nitrogens with zero attached hydrogens (tertiary/aromatic N) is 3. The maximum absolute atomic E-state index is 12.6. The molecule has 1 N–H and O–H groups in total. The Balaban J connectivity index is 2.99. The standard InChI is InChI=1S/C8H8F4N4O3/c1-13-5-4(16(17)18)6(15-3-14-5)19-2-8(11,12)7(9)10/h3,7H,2H2,1H3,(H,13,14,15). The van der Waals surface area contributed by atoms with Crippen molar-refractivity contribution in [3.8, 4) is 5.88 Å². The van der Waals surface area contributed by atoms with Gasteiger partial charge in [-0.3, -0.25) is 10.1 Å². The Labute approximate surface area is 103 Å². The van der Waals surface area contributed by atoms with Crippen LogP contribution in [0.5, 0.6) is 5.88 Å². The maximum atomic E-state index is 12.6. The Morgan fingerprint density at radius 2 is 2.16 bits per heavy atom. The molecule has 0 spiro atoms. The quantitative estimate of drug-likeness (QED) is 0.486. The van der Waals surface area contributed by atoms with Crippen LogP contribution in [0.15, 0.2) is 6.33 Å². The van der Waals surface area contributed by atoms with Crippen LogP contribution in [0.1, 0.15) is 0 Å². The molecule has 0 aromatic carbocycles. The van der Waals surface area contributed by atoms with Crippen molar-refractivity contribution in [3.63, 3.8) is 0 Å². The molecule has 0 saturated heterocycles. The lowest BCUT2D eigenvalue weighted by atomic mass is 10.4. The summed E-state index contributed by atoms with van der Waals surface area (Å²) in [6.07, 6.45) is -3.13. The topological polar surface area (TPSA) is 90.2 Å². The predicted molar refractivity (Wildman–Crippen MR) is 54.7 cm³/mol. The molecule has 0 aliphatic heterocycles. The molecule has 1 aromatic rings. The Morgan fingerprint density at radius 3 is 2.63 bits per heavy atom. The van der Waals surface area contributed by atoms with Crippen LogP contribution in [-0.4, -0.2) is 40.9 Å². The van der Waals surface area contributed by atoms with Crippen LogP contribution in [0.3, 0.4) is 0 Å². The van der Waals surface area contributed by atoms with Crippen molar-refractivity contribution >= 4 is 11.5 Å². The van der Waals surface area contributed by atoms with Crippen molar-refractivity contribution in [1.29, 1.82) is 0 Å². The van der Waals surface area contributed by atoms with Gasteiger partial charge in [0.25, 0.3) is 5.88 Å².